The monoisotopic (exact) mass is 311 g/mol. The first-order valence-corrected chi connectivity index (χ1v) is 6.44. The van der Waals surface area contributed by atoms with Crippen molar-refractivity contribution in [3.05, 3.63) is 21.6 Å². The highest BCUT2D eigenvalue weighted by atomic mass is 16.6. The number of carbonyl (C=O) groups excluding carboxylic acids is 3. The van der Waals surface area contributed by atoms with Gasteiger partial charge in [-0.1, -0.05) is 0 Å². The van der Waals surface area contributed by atoms with Crippen molar-refractivity contribution < 1.29 is 23.9 Å². The van der Waals surface area contributed by atoms with Gasteiger partial charge in [0.05, 0.1) is 12.7 Å². The van der Waals surface area contributed by atoms with Gasteiger partial charge in [0.1, 0.15) is 5.69 Å². The van der Waals surface area contributed by atoms with Crippen molar-refractivity contribution in [1.82, 2.24) is 9.78 Å². The molecule has 0 bridgehead atoms. The number of hydrogen-bond acceptors (Lipinski definition) is 8. The molecule has 0 aliphatic rings. The maximum atomic E-state index is 12.1. The summed E-state index contributed by atoms with van der Waals surface area (Å²) in [6, 6.07) is 0. The number of nitrogen functional groups attached to an aromatic ring is 1. The highest BCUT2D eigenvalue weighted by molar-refractivity contribution is 6.07. The van der Waals surface area contributed by atoms with E-state index in [9.17, 15) is 19.2 Å². The fourth-order valence-electron chi connectivity index (χ4n) is 1.73. The summed E-state index contributed by atoms with van der Waals surface area (Å²) < 4.78 is 10.2. The number of nitrogens with zero attached hydrogens (tertiary/aromatic N) is 2. The van der Waals surface area contributed by atoms with Crippen LogP contribution in [-0.2, 0) is 20.8 Å². The van der Waals surface area contributed by atoms with Gasteiger partial charge in [0.25, 0.3) is 5.56 Å². The maximum absolute atomic E-state index is 12.1. The van der Waals surface area contributed by atoms with Crippen molar-refractivity contribution >= 4 is 23.4 Å². The van der Waals surface area contributed by atoms with Gasteiger partial charge >= 0.3 is 11.9 Å². The molecule has 0 spiro atoms. The number of anilines is 1. The van der Waals surface area contributed by atoms with Gasteiger partial charge in [0.2, 0.25) is 0 Å². The SMILES string of the molecule is CCn1nc(C(=O)OC(C)C(=O)OC)c(C(C)=O)c(N)c1=O. The Bertz CT molecular complexity index is 679. The van der Waals surface area contributed by atoms with Gasteiger partial charge in [-0.15, -0.1) is 0 Å². The molecule has 0 fully saturated rings. The Kier molecular flexibility index (Phi) is 5.39. The van der Waals surface area contributed by atoms with Gasteiger partial charge in [-0.25, -0.2) is 14.3 Å². The van der Waals surface area contributed by atoms with Crippen molar-refractivity contribution in [2.75, 3.05) is 12.8 Å². The Hall–Kier alpha value is -2.71. The molecule has 0 aliphatic heterocycles. The molecule has 0 saturated heterocycles. The molecule has 1 aromatic rings. The van der Waals surface area contributed by atoms with Crippen LogP contribution in [0.4, 0.5) is 5.69 Å². The molecule has 0 aromatic carbocycles. The zero-order valence-corrected chi connectivity index (χ0v) is 12.7. The van der Waals surface area contributed by atoms with Crippen LogP contribution in [0.2, 0.25) is 0 Å². The van der Waals surface area contributed by atoms with Gasteiger partial charge in [-0.05, 0) is 20.8 Å². The van der Waals surface area contributed by atoms with Gasteiger partial charge in [-0.3, -0.25) is 9.59 Å². The second-order valence-corrected chi connectivity index (χ2v) is 4.39. The van der Waals surface area contributed by atoms with Crippen LogP contribution in [0.25, 0.3) is 0 Å². The molecular formula is C13H17N3O6. The van der Waals surface area contributed by atoms with Crippen molar-refractivity contribution in [2.24, 2.45) is 0 Å². The van der Waals surface area contributed by atoms with Gasteiger partial charge in [0.15, 0.2) is 17.6 Å². The molecule has 0 saturated carbocycles. The van der Waals surface area contributed by atoms with Crippen LogP contribution >= 0.6 is 0 Å². The van der Waals surface area contributed by atoms with E-state index in [1.165, 1.54) is 6.92 Å². The van der Waals surface area contributed by atoms with Crippen LogP contribution < -0.4 is 11.3 Å². The minimum Gasteiger partial charge on any atom is -0.466 e. The summed E-state index contributed by atoms with van der Waals surface area (Å²) in [7, 11) is 1.14. The van der Waals surface area contributed by atoms with Gasteiger partial charge in [-0.2, -0.15) is 5.10 Å². The standard InChI is InChI=1S/C13H17N3O6/c1-5-16-11(18)9(14)8(6(2)17)10(15-16)13(20)22-7(3)12(19)21-4/h7H,5,14H2,1-4H3. The lowest BCUT2D eigenvalue weighted by atomic mass is 10.1. The molecule has 0 radical (unpaired) electrons. The van der Waals surface area contributed by atoms with Gasteiger partial charge in [0, 0.05) is 6.54 Å². The number of methoxy groups -OCH3 is 1. The molecule has 2 N–H and O–H groups in total. The Balaban J connectivity index is 3.36. The lowest BCUT2D eigenvalue weighted by Gasteiger charge is -2.14. The Labute approximate surface area is 126 Å². The molecule has 0 amide bonds. The van der Waals surface area contributed by atoms with Crippen LogP contribution in [-0.4, -0.2) is 40.7 Å². The van der Waals surface area contributed by atoms with Crippen LogP contribution in [0.1, 0.15) is 41.6 Å². The topological polar surface area (TPSA) is 131 Å². The number of nitrogens with two attached hydrogens (primary N) is 1. The lowest BCUT2D eigenvalue weighted by Crippen LogP contribution is -2.33. The Morgan fingerprint density at radius 2 is 1.95 bits per heavy atom. The number of ether oxygens (including phenoxy) is 2. The summed E-state index contributed by atoms with van der Waals surface area (Å²) in [6.07, 6.45) is -1.19. The predicted molar refractivity (Wildman–Crippen MR) is 75.5 cm³/mol. The van der Waals surface area contributed by atoms with Crippen molar-refractivity contribution in [1.29, 1.82) is 0 Å². The van der Waals surface area contributed by atoms with E-state index in [4.69, 9.17) is 10.5 Å². The van der Waals surface area contributed by atoms with E-state index in [2.05, 4.69) is 9.84 Å². The average molecular weight is 311 g/mol. The first kappa shape index (κ1) is 17.3. The van der Waals surface area contributed by atoms with E-state index >= 15 is 0 Å². The van der Waals surface area contributed by atoms with E-state index in [0.29, 0.717) is 0 Å². The van der Waals surface area contributed by atoms with E-state index < -0.39 is 35.1 Å². The number of ketones is 1. The van der Waals surface area contributed by atoms with E-state index in [1.807, 2.05) is 0 Å². The van der Waals surface area contributed by atoms with Crippen LogP contribution in [0.3, 0.4) is 0 Å². The molecule has 1 unspecified atom stereocenters. The third-order valence-electron chi connectivity index (χ3n) is 2.85. The molecule has 1 atom stereocenters. The van der Waals surface area contributed by atoms with Crippen molar-refractivity contribution in [2.45, 2.75) is 33.4 Å². The molecule has 1 heterocycles. The summed E-state index contributed by atoms with van der Waals surface area (Å²) in [6.45, 7) is 4.21. The second kappa shape index (κ2) is 6.83. The summed E-state index contributed by atoms with van der Waals surface area (Å²) >= 11 is 0. The fourth-order valence-corrected chi connectivity index (χ4v) is 1.73. The highest BCUT2D eigenvalue weighted by Gasteiger charge is 2.27. The zero-order chi connectivity index (χ0) is 17.0. The zero-order valence-electron chi connectivity index (χ0n) is 12.7. The first-order chi connectivity index (χ1) is 10.2. The molecule has 9 heteroatoms. The minimum atomic E-state index is -1.19. The lowest BCUT2D eigenvalue weighted by molar-refractivity contribution is -0.149. The third-order valence-corrected chi connectivity index (χ3v) is 2.85. The largest absolute Gasteiger partial charge is 0.466 e. The average Bonchev–Trinajstić information content (AvgIpc) is 2.47. The summed E-state index contributed by atoms with van der Waals surface area (Å²) in [5.74, 6) is -2.42. The quantitative estimate of drug-likeness (QED) is 0.582. The second-order valence-electron chi connectivity index (χ2n) is 4.39. The normalized spacial score (nSPS) is 11.6. The fraction of sp³-hybridized carbons (Fsp3) is 0.462. The molecule has 1 aromatic heterocycles. The molecule has 9 nitrogen and oxygen atoms in total. The number of Topliss-reactive ketones (excluding diaryl/α,β-unsaturated/α-hetero) is 1. The predicted octanol–water partition coefficient (Wildman–Crippen LogP) is -0.234. The number of aryl methyl sites for hydroxylation is 1. The van der Waals surface area contributed by atoms with Gasteiger partial charge < -0.3 is 15.2 Å². The van der Waals surface area contributed by atoms with E-state index in [1.54, 1.807) is 6.92 Å². The summed E-state index contributed by atoms with van der Waals surface area (Å²) in [4.78, 5) is 46.9. The molecule has 120 valence electrons. The third kappa shape index (κ3) is 3.30. The minimum absolute atomic E-state index is 0.147. The molecule has 22 heavy (non-hydrogen) atoms. The van der Waals surface area contributed by atoms with Crippen LogP contribution in [0.5, 0.6) is 0 Å². The number of carbonyl (C=O) groups is 3. The van der Waals surface area contributed by atoms with Crippen molar-refractivity contribution in [3.8, 4) is 0 Å². The number of esters is 2. The van der Waals surface area contributed by atoms with E-state index in [-0.39, 0.29) is 17.8 Å². The van der Waals surface area contributed by atoms with Crippen LogP contribution in [0.15, 0.2) is 4.79 Å². The first-order valence-electron chi connectivity index (χ1n) is 6.44. The molecular weight excluding hydrogens is 294 g/mol. The Morgan fingerprint density at radius 3 is 2.41 bits per heavy atom. The maximum Gasteiger partial charge on any atom is 0.360 e. The molecule has 0 aliphatic carbocycles. The highest BCUT2D eigenvalue weighted by Crippen LogP contribution is 2.14. The van der Waals surface area contributed by atoms with E-state index in [0.717, 1.165) is 18.7 Å². The summed E-state index contributed by atoms with van der Waals surface area (Å²) in [5.41, 5.74) is 3.82. The van der Waals surface area contributed by atoms with Crippen LogP contribution in [0, 0.1) is 0 Å². The smallest absolute Gasteiger partial charge is 0.360 e. The number of hydrogen-bond donors (Lipinski definition) is 1. The summed E-state index contributed by atoms with van der Waals surface area (Å²) in [5, 5.41) is 3.79. The van der Waals surface area contributed by atoms with Crippen molar-refractivity contribution in [3.63, 3.8) is 0 Å². The Morgan fingerprint density at radius 1 is 1.36 bits per heavy atom. The molecule has 1 rings (SSSR count). The number of rotatable bonds is 5. The number of aromatic nitrogens is 2.